The van der Waals surface area contributed by atoms with Gasteiger partial charge in [-0.15, -0.1) is 0 Å². The average Bonchev–Trinajstić information content (AvgIpc) is 3.10. The molecule has 0 spiro atoms. The number of anilines is 1. The number of carbonyl (C=O) groups is 2. The maximum atomic E-state index is 12.4. The number of para-hydroxylation sites is 1. The summed E-state index contributed by atoms with van der Waals surface area (Å²) in [4.78, 5) is 27.8. The predicted molar refractivity (Wildman–Crippen MR) is 98.8 cm³/mol. The molecule has 1 saturated heterocycles. The quantitative estimate of drug-likeness (QED) is 0.833. The van der Waals surface area contributed by atoms with Gasteiger partial charge in [-0.1, -0.05) is 36.6 Å². The van der Waals surface area contributed by atoms with Crippen molar-refractivity contribution >= 4 is 29.1 Å². The lowest BCUT2D eigenvalue weighted by atomic mass is 10.0. The lowest BCUT2D eigenvalue weighted by molar-refractivity contribution is -0.895. The molecule has 0 atom stereocenters. The number of amides is 2. The van der Waals surface area contributed by atoms with Crippen LogP contribution in [0.1, 0.15) is 32.1 Å². The van der Waals surface area contributed by atoms with Crippen molar-refractivity contribution in [3.63, 3.8) is 0 Å². The minimum absolute atomic E-state index is 0.0335. The van der Waals surface area contributed by atoms with E-state index in [-0.39, 0.29) is 5.91 Å². The van der Waals surface area contributed by atoms with Crippen molar-refractivity contribution in [3.8, 4) is 0 Å². The molecule has 6 heteroatoms. The Kier molecular flexibility index (Phi) is 6.32. The molecule has 1 heterocycles. The van der Waals surface area contributed by atoms with E-state index in [2.05, 4.69) is 5.32 Å². The van der Waals surface area contributed by atoms with Gasteiger partial charge in [0.05, 0.1) is 36.9 Å². The Morgan fingerprint density at radius 2 is 1.84 bits per heavy atom. The maximum Gasteiger partial charge on any atom is 0.279 e. The van der Waals surface area contributed by atoms with E-state index in [1.54, 1.807) is 12.1 Å². The van der Waals surface area contributed by atoms with Crippen LogP contribution in [0.5, 0.6) is 0 Å². The Labute approximate surface area is 154 Å². The molecule has 2 amide bonds. The molecule has 2 fully saturated rings. The van der Waals surface area contributed by atoms with Gasteiger partial charge in [0.2, 0.25) is 5.91 Å². The Morgan fingerprint density at radius 1 is 1.16 bits per heavy atom. The molecule has 136 valence electrons. The van der Waals surface area contributed by atoms with Gasteiger partial charge in [-0.25, -0.2) is 0 Å². The maximum absolute atomic E-state index is 12.4. The Balaban J connectivity index is 1.40. The number of carbonyl (C=O) groups excluding carboxylic acids is 2. The first-order valence-electron chi connectivity index (χ1n) is 9.27. The highest BCUT2D eigenvalue weighted by Crippen LogP contribution is 2.28. The van der Waals surface area contributed by atoms with Gasteiger partial charge in [-0.2, -0.15) is 0 Å². The number of quaternary nitrogens is 1. The number of halogens is 1. The van der Waals surface area contributed by atoms with Crippen LogP contribution >= 0.6 is 11.6 Å². The van der Waals surface area contributed by atoms with Crippen LogP contribution in [-0.2, 0) is 9.59 Å². The number of nitrogens with one attached hydrogen (secondary N) is 2. The van der Waals surface area contributed by atoms with Crippen LogP contribution in [0.2, 0.25) is 5.02 Å². The average molecular weight is 365 g/mol. The second-order valence-electron chi connectivity index (χ2n) is 7.19. The van der Waals surface area contributed by atoms with Gasteiger partial charge in [0.1, 0.15) is 0 Å². The summed E-state index contributed by atoms with van der Waals surface area (Å²) >= 11 is 6.07. The molecular weight excluding hydrogens is 338 g/mol. The normalized spacial score (nSPS) is 19.2. The molecule has 0 unspecified atom stereocenters. The van der Waals surface area contributed by atoms with Gasteiger partial charge in [0.25, 0.3) is 5.91 Å². The number of piperazine rings is 1. The molecule has 1 saturated carbocycles. The highest BCUT2D eigenvalue weighted by atomic mass is 35.5. The Bertz CT molecular complexity index is 608. The molecular formula is C19H27ClN3O2+. The predicted octanol–water partition coefficient (Wildman–Crippen LogP) is 1.59. The molecule has 0 bridgehead atoms. The Hall–Kier alpha value is -1.59. The standard InChI is InChI=1S/C19H26ClN3O2/c20-16-7-3-4-8-17(16)21-18(24)14-22-9-11-23(12-10-22)19(25)13-15-5-1-2-6-15/h3-4,7-8,15H,1-2,5-6,9-14H2,(H,21,24)/p+1. The van der Waals surface area contributed by atoms with E-state index < -0.39 is 0 Å². The zero-order valence-electron chi connectivity index (χ0n) is 14.6. The summed E-state index contributed by atoms with van der Waals surface area (Å²) in [6.45, 7) is 3.56. The summed E-state index contributed by atoms with van der Waals surface area (Å²) in [5, 5.41) is 3.42. The molecule has 2 N–H and O–H groups in total. The van der Waals surface area contributed by atoms with E-state index in [0.717, 1.165) is 26.2 Å². The van der Waals surface area contributed by atoms with Gasteiger partial charge in [-0.05, 0) is 30.9 Å². The summed E-state index contributed by atoms with van der Waals surface area (Å²) in [5.41, 5.74) is 0.652. The van der Waals surface area contributed by atoms with Gasteiger partial charge in [-0.3, -0.25) is 9.59 Å². The van der Waals surface area contributed by atoms with Crippen LogP contribution in [0.25, 0.3) is 0 Å². The van der Waals surface area contributed by atoms with E-state index in [1.807, 2.05) is 17.0 Å². The lowest BCUT2D eigenvalue weighted by Crippen LogP contribution is -3.15. The molecule has 1 aromatic carbocycles. The molecule has 1 aliphatic carbocycles. The fourth-order valence-corrected chi connectivity index (χ4v) is 4.01. The summed E-state index contributed by atoms with van der Waals surface area (Å²) in [6, 6.07) is 7.25. The van der Waals surface area contributed by atoms with Crippen molar-refractivity contribution in [2.24, 2.45) is 5.92 Å². The fourth-order valence-electron chi connectivity index (χ4n) is 3.82. The van der Waals surface area contributed by atoms with Gasteiger partial charge in [0, 0.05) is 6.42 Å². The van der Waals surface area contributed by atoms with E-state index in [1.165, 1.54) is 30.6 Å². The highest BCUT2D eigenvalue weighted by molar-refractivity contribution is 6.33. The van der Waals surface area contributed by atoms with E-state index in [9.17, 15) is 9.59 Å². The molecule has 0 aromatic heterocycles. The molecule has 25 heavy (non-hydrogen) atoms. The zero-order chi connectivity index (χ0) is 17.6. The molecule has 1 aliphatic heterocycles. The highest BCUT2D eigenvalue weighted by Gasteiger charge is 2.27. The summed E-state index contributed by atoms with van der Waals surface area (Å²) in [6.07, 6.45) is 5.67. The number of hydrogen-bond donors (Lipinski definition) is 2. The third-order valence-corrected chi connectivity index (χ3v) is 5.65. The monoisotopic (exact) mass is 364 g/mol. The van der Waals surface area contributed by atoms with Crippen LogP contribution in [0.4, 0.5) is 5.69 Å². The fraction of sp³-hybridized carbons (Fsp3) is 0.579. The van der Waals surface area contributed by atoms with Crippen LogP contribution < -0.4 is 10.2 Å². The molecule has 2 aliphatic rings. The minimum Gasteiger partial charge on any atom is -0.331 e. The van der Waals surface area contributed by atoms with Crippen molar-refractivity contribution in [1.29, 1.82) is 0 Å². The first kappa shape index (κ1) is 18.2. The van der Waals surface area contributed by atoms with Gasteiger partial charge >= 0.3 is 0 Å². The minimum atomic E-state index is -0.0335. The molecule has 1 aromatic rings. The zero-order valence-corrected chi connectivity index (χ0v) is 15.4. The van der Waals surface area contributed by atoms with Crippen LogP contribution in [-0.4, -0.2) is 49.4 Å². The smallest absolute Gasteiger partial charge is 0.279 e. The third kappa shape index (κ3) is 5.19. The molecule has 0 radical (unpaired) electrons. The first-order chi connectivity index (χ1) is 12.1. The first-order valence-corrected chi connectivity index (χ1v) is 9.65. The van der Waals surface area contributed by atoms with Crippen molar-refractivity contribution < 1.29 is 14.5 Å². The largest absolute Gasteiger partial charge is 0.331 e. The molecule has 5 nitrogen and oxygen atoms in total. The number of hydrogen-bond acceptors (Lipinski definition) is 2. The van der Waals surface area contributed by atoms with E-state index in [4.69, 9.17) is 11.6 Å². The van der Waals surface area contributed by atoms with Crippen LogP contribution in [0.3, 0.4) is 0 Å². The summed E-state index contributed by atoms with van der Waals surface area (Å²) in [5.74, 6) is 0.861. The van der Waals surface area contributed by atoms with Gasteiger partial charge in [0.15, 0.2) is 6.54 Å². The SMILES string of the molecule is O=C(C[NH+]1CCN(C(=O)CC2CCCC2)CC1)Nc1ccccc1Cl. The number of rotatable bonds is 5. The van der Waals surface area contributed by atoms with Crippen molar-refractivity contribution in [3.05, 3.63) is 29.3 Å². The van der Waals surface area contributed by atoms with Crippen molar-refractivity contribution in [2.45, 2.75) is 32.1 Å². The summed E-state index contributed by atoms with van der Waals surface area (Å²) < 4.78 is 0. The number of nitrogens with zero attached hydrogens (tertiary/aromatic N) is 1. The van der Waals surface area contributed by atoms with Crippen molar-refractivity contribution in [2.75, 3.05) is 38.0 Å². The Morgan fingerprint density at radius 3 is 2.52 bits per heavy atom. The third-order valence-electron chi connectivity index (χ3n) is 5.32. The summed E-state index contributed by atoms with van der Waals surface area (Å²) in [7, 11) is 0. The lowest BCUT2D eigenvalue weighted by Gasteiger charge is -2.32. The molecule has 3 rings (SSSR count). The second-order valence-corrected chi connectivity index (χ2v) is 7.60. The number of benzene rings is 1. The van der Waals surface area contributed by atoms with Crippen LogP contribution in [0, 0.1) is 5.92 Å². The second kappa shape index (κ2) is 8.68. The van der Waals surface area contributed by atoms with E-state index in [0.29, 0.717) is 35.5 Å². The van der Waals surface area contributed by atoms with Crippen molar-refractivity contribution in [1.82, 2.24) is 4.90 Å². The van der Waals surface area contributed by atoms with E-state index >= 15 is 0 Å². The van der Waals surface area contributed by atoms with Gasteiger partial charge < -0.3 is 15.1 Å². The topological polar surface area (TPSA) is 53.9 Å². The van der Waals surface area contributed by atoms with Crippen LogP contribution in [0.15, 0.2) is 24.3 Å².